The van der Waals surface area contributed by atoms with Gasteiger partial charge in [-0.2, -0.15) is 0 Å². The Morgan fingerprint density at radius 3 is 2.89 bits per heavy atom. The molecule has 0 amide bonds. The van der Waals surface area contributed by atoms with E-state index in [1.165, 1.54) is 22.1 Å². The maximum Gasteiger partial charge on any atom is 0.312 e. The molecule has 1 aliphatic carbocycles. The first-order valence-electron chi connectivity index (χ1n) is 6.42. The summed E-state index contributed by atoms with van der Waals surface area (Å²) in [7, 11) is 0. The molecule has 0 fully saturated rings. The van der Waals surface area contributed by atoms with Crippen LogP contribution in [0.5, 0.6) is 0 Å². The molecule has 94 valence electrons. The van der Waals surface area contributed by atoms with Gasteiger partial charge in [0.05, 0.1) is 5.92 Å². The SMILES string of the molecule is Cc1cc(C)c2c3c([nH]c2c1)C(C(=O)O)CCC3. The number of carbonyl (C=O) groups is 1. The highest BCUT2D eigenvalue weighted by atomic mass is 16.4. The maximum absolute atomic E-state index is 11.3. The molecule has 0 saturated heterocycles. The van der Waals surface area contributed by atoms with Gasteiger partial charge in [-0.1, -0.05) is 6.07 Å². The average Bonchev–Trinajstić information content (AvgIpc) is 2.65. The molecule has 3 rings (SSSR count). The Morgan fingerprint density at radius 2 is 2.17 bits per heavy atom. The molecule has 0 saturated carbocycles. The quantitative estimate of drug-likeness (QED) is 0.807. The van der Waals surface area contributed by atoms with E-state index in [4.69, 9.17) is 0 Å². The van der Waals surface area contributed by atoms with Gasteiger partial charge in [-0.3, -0.25) is 4.79 Å². The Morgan fingerprint density at radius 1 is 1.39 bits per heavy atom. The van der Waals surface area contributed by atoms with Crippen molar-refractivity contribution in [2.24, 2.45) is 0 Å². The van der Waals surface area contributed by atoms with Gasteiger partial charge in [0.25, 0.3) is 0 Å². The van der Waals surface area contributed by atoms with E-state index in [-0.39, 0.29) is 5.92 Å². The van der Waals surface area contributed by atoms with Crippen molar-refractivity contribution in [3.8, 4) is 0 Å². The van der Waals surface area contributed by atoms with Crippen molar-refractivity contribution in [2.45, 2.75) is 39.0 Å². The second kappa shape index (κ2) is 3.87. The number of aromatic amines is 1. The first-order valence-corrected chi connectivity index (χ1v) is 6.42. The third-order valence-electron chi connectivity index (χ3n) is 3.94. The number of rotatable bonds is 1. The lowest BCUT2D eigenvalue weighted by atomic mass is 9.86. The van der Waals surface area contributed by atoms with Crippen molar-refractivity contribution in [3.63, 3.8) is 0 Å². The van der Waals surface area contributed by atoms with E-state index < -0.39 is 5.97 Å². The molecule has 2 N–H and O–H groups in total. The van der Waals surface area contributed by atoms with Gasteiger partial charge in [0.1, 0.15) is 0 Å². The minimum atomic E-state index is -0.711. The molecule has 1 heterocycles. The highest BCUT2D eigenvalue weighted by Crippen LogP contribution is 2.37. The minimum absolute atomic E-state index is 0.360. The van der Waals surface area contributed by atoms with Gasteiger partial charge < -0.3 is 10.1 Å². The minimum Gasteiger partial charge on any atom is -0.481 e. The fourth-order valence-corrected chi connectivity index (χ4v) is 3.25. The van der Waals surface area contributed by atoms with Crippen LogP contribution < -0.4 is 0 Å². The molecule has 0 aliphatic heterocycles. The van der Waals surface area contributed by atoms with E-state index in [1.54, 1.807) is 0 Å². The number of nitrogens with one attached hydrogen (secondary N) is 1. The highest BCUT2D eigenvalue weighted by Gasteiger charge is 2.29. The summed E-state index contributed by atoms with van der Waals surface area (Å²) in [4.78, 5) is 14.7. The summed E-state index contributed by atoms with van der Waals surface area (Å²) in [5.41, 5.74) is 5.70. The van der Waals surface area contributed by atoms with Gasteiger partial charge in [-0.25, -0.2) is 0 Å². The van der Waals surface area contributed by atoms with E-state index in [1.807, 2.05) is 0 Å². The number of aryl methyl sites for hydroxylation is 3. The summed E-state index contributed by atoms with van der Waals surface area (Å²) in [6.45, 7) is 4.18. The molecule has 1 atom stereocenters. The van der Waals surface area contributed by atoms with E-state index >= 15 is 0 Å². The second-order valence-corrected chi connectivity index (χ2v) is 5.30. The molecule has 3 heteroatoms. The molecule has 1 unspecified atom stereocenters. The summed E-state index contributed by atoms with van der Waals surface area (Å²) >= 11 is 0. The molecular formula is C15H17NO2. The van der Waals surface area contributed by atoms with Crippen molar-refractivity contribution in [3.05, 3.63) is 34.5 Å². The molecule has 0 bridgehead atoms. The van der Waals surface area contributed by atoms with Crippen LogP contribution in [-0.2, 0) is 11.2 Å². The molecule has 18 heavy (non-hydrogen) atoms. The standard InChI is InChI=1S/C15H17NO2/c1-8-6-9(2)13-10-4-3-5-11(15(17)18)14(10)16-12(13)7-8/h6-7,11,16H,3-5H2,1-2H3,(H,17,18). The van der Waals surface area contributed by atoms with Gasteiger partial charge in [-0.15, -0.1) is 0 Å². The van der Waals surface area contributed by atoms with Crippen LogP contribution in [0.15, 0.2) is 12.1 Å². The van der Waals surface area contributed by atoms with Crippen LogP contribution >= 0.6 is 0 Å². The van der Waals surface area contributed by atoms with Gasteiger partial charge in [0.2, 0.25) is 0 Å². The Bertz CT molecular complexity index is 639. The van der Waals surface area contributed by atoms with Crippen LogP contribution in [0.1, 0.15) is 41.1 Å². The zero-order valence-corrected chi connectivity index (χ0v) is 10.7. The zero-order chi connectivity index (χ0) is 12.9. The lowest BCUT2D eigenvalue weighted by Gasteiger charge is -2.18. The van der Waals surface area contributed by atoms with Gasteiger partial charge in [-0.05, 0) is 55.9 Å². The van der Waals surface area contributed by atoms with Crippen LogP contribution in [0.4, 0.5) is 0 Å². The van der Waals surface area contributed by atoms with E-state index in [9.17, 15) is 9.90 Å². The Balaban J connectivity index is 2.30. The molecule has 2 aromatic rings. The smallest absolute Gasteiger partial charge is 0.312 e. The van der Waals surface area contributed by atoms with Gasteiger partial charge >= 0.3 is 5.97 Å². The van der Waals surface area contributed by atoms with E-state index in [0.717, 1.165) is 30.5 Å². The van der Waals surface area contributed by atoms with Crippen molar-refractivity contribution in [2.75, 3.05) is 0 Å². The van der Waals surface area contributed by atoms with Crippen molar-refractivity contribution in [1.82, 2.24) is 4.98 Å². The summed E-state index contributed by atoms with van der Waals surface area (Å²) in [6, 6.07) is 4.28. The summed E-state index contributed by atoms with van der Waals surface area (Å²) in [5.74, 6) is -1.07. The fourth-order valence-electron chi connectivity index (χ4n) is 3.25. The first kappa shape index (κ1) is 11.3. The number of carboxylic acids is 1. The van der Waals surface area contributed by atoms with Crippen molar-refractivity contribution < 1.29 is 9.90 Å². The summed E-state index contributed by atoms with van der Waals surface area (Å²) in [5, 5.41) is 10.6. The van der Waals surface area contributed by atoms with Crippen LogP contribution in [0.2, 0.25) is 0 Å². The van der Waals surface area contributed by atoms with E-state index in [2.05, 4.69) is 31.0 Å². The van der Waals surface area contributed by atoms with Crippen molar-refractivity contribution in [1.29, 1.82) is 0 Å². The number of hydrogen-bond donors (Lipinski definition) is 2. The number of H-pyrrole nitrogens is 1. The molecule has 1 aliphatic rings. The van der Waals surface area contributed by atoms with Gasteiger partial charge in [0.15, 0.2) is 0 Å². The van der Waals surface area contributed by atoms with Gasteiger partial charge in [0, 0.05) is 16.6 Å². The lowest BCUT2D eigenvalue weighted by molar-refractivity contribution is -0.139. The lowest BCUT2D eigenvalue weighted by Crippen LogP contribution is -2.17. The Labute approximate surface area is 106 Å². The fraction of sp³-hybridized carbons (Fsp3) is 0.400. The molecule has 3 nitrogen and oxygen atoms in total. The molecule has 1 aromatic heterocycles. The maximum atomic E-state index is 11.3. The van der Waals surface area contributed by atoms with Crippen molar-refractivity contribution >= 4 is 16.9 Å². The number of benzene rings is 1. The zero-order valence-electron chi connectivity index (χ0n) is 10.7. The topological polar surface area (TPSA) is 53.1 Å². The number of fused-ring (bicyclic) bond motifs is 3. The normalized spacial score (nSPS) is 18.9. The number of aromatic nitrogens is 1. The van der Waals surface area contributed by atoms with Crippen LogP contribution in [0.3, 0.4) is 0 Å². The number of hydrogen-bond acceptors (Lipinski definition) is 1. The number of carboxylic acid groups (broad SMARTS) is 1. The third kappa shape index (κ3) is 1.54. The van der Waals surface area contributed by atoms with Crippen LogP contribution in [0, 0.1) is 13.8 Å². The third-order valence-corrected chi connectivity index (χ3v) is 3.94. The highest BCUT2D eigenvalue weighted by molar-refractivity contribution is 5.91. The Hall–Kier alpha value is -1.77. The molecule has 0 radical (unpaired) electrons. The molecule has 1 aromatic carbocycles. The van der Waals surface area contributed by atoms with E-state index in [0.29, 0.717) is 0 Å². The summed E-state index contributed by atoms with van der Waals surface area (Å²) in [6.07, 6.45) is 2.69. The average molecular weight is 243 g/mol. The second-order valence-electron chi connectivity index (χ2n) is 5.30. The Kier molecular flexibility index (Phi) is 2.44. The van der Waals surface area contributed by atoms with Crippen LogP contribution in [0.25, 0.3) is 10.9 Å². The number of aliphatic carboxylic acids is 1. The predicted molar refractivity (Wildman–Crippen MR) is 71.1 cm³/mol. The van der Waals surface area contributed by atoms with Crippen LogP contribution in [-0.4, -0.2) is 16.1 Å². The molecular weight excluding hydrogens is 226 g/mol. The predicted octanol–water partition coefficient (Wildman–Crippen LogP) is 3.29. The monoisotopic (exact) mass is 243 g/mol. The first-order chi connectivity index (χ1) is 8.58. The largest absolute Gasteiger partial charge is 0.481 e. The summed E-state index contributed by atoms with van der Waals surface area (Å²) < 4.78 is 0. The molecule has 0 spiro atoms.